The topological polar surface area (TPSA) is 46.1 Å². The lowest BCUT2D eigenvalue weighted by atomic mass is 10.3. The van der Waals surface area contributed by atoms with Crippen molar-refractivity contribution in [2.45, 2.75) is 24.1 Å². The van der Waals surface area contributed by atoms with Crippen molar-refractivity contribution < 1.29 is 4.79 Å². The molecule has 0 unspecified atom stereocenters. The molecule has 0 fully saturated rings. The molecule has 0 aliphatic carbocycles. The Morgan fingerprint density at radius 3 is 2.37 bits per heavy atom. The van der Waals surface area contributed by atoms with Crippen LogP contribution < -0.4 is 0 Å². The SMILES string of the molecule is Cc1nc2ccccc2nc1S[C@H](C)C(=O)N(C)C. The molecule has 1 aromatic heterocycles. The lowest BCUT2D eigenvalue weighted by Gasteiger charge is -2.16. The van der Waals surface area contributed by atoms with Gasteiger partial charge in [0.25, 0.3) is 0 Å². The number of carbonyl (C=O) groups excluding carboxylic acids is 1. The van der Waals surface area contributed by atoms with Gasteiger partial charge in [0.2, 0.25) is 5.91 Å². The largest absolute Gasteiger partial charge is 0.348 e. The van der Waals surface area contributed by atoms with Crippen molar-refractivity contribution in [3.8, 4) is 0 Å². The van der Waals surface area contributed by atoms with E-state index in [-0.39, 0.29) is 11.2 Å². The Balaban J connectivity index is 2.30. The molecule has 0 N–H and O–H groups in total. The molecule has 1 amide bonds. The fourth-order valence-corrected chi connectivity index (χ4v) is 2.78. The number of amides is 1. The quantitative estimate of drug-likeness (QED) is 0.807. The van der Waals surface area contributed by atoms with E-state index in [0.29, 0.717) is 0 Å². The summed E-state index contributed by atoms with van der Waals surface area (Å²) in [5, 5.41) is 0.658. The van der Waals surface area contributed by atoms with Gasteiger partial charge in [-0.3, -0.25) is 4.79 Å². The monoisotopic (exact) mass is 275 g/mol. The molecule has 0 radical (unpaired) electrons. The highest BCUT2D eigenvalue weighted by atomic mass is 32.2. The normalized spacial score (nSPS) is 12.4. The Morgan fingerprint density at radius 1 is 1.21 bits per heavy atom. The maximum absolute atomic E-state index is 11.9. The number of nitrogens with zero attached hydrogens (tertiary/aromatic N) is 3. The Bertz CT molecular complexity index is 613. The molecule has 5 heteroatoms. The van der Waals surface area contributed by atoms with Gasteiger partial charge in [-0.25, -0.2) is 9.97 Å². The first-order chi connectivity index (χ1) is 8.99. The van der Waals surface area contributed by atoms with Gasteiger partial charge in [0.05, 0.1) is 22.0 Å². The van der Waals surface area contributed by atoms with Crippen molar-refractivity contribution in [2.75, 3.05) is 14.1 Å². The summed E-state index contributed by atoms with van der Waals surface area (Å²) in [4.78, 5) is 22.6. The Labute approximate surface area is 117 Å². The molecule has 1 aromatic carbocycles. The zero-order chi connectivity index (χ0) is 14.0. The number of para-hydroxylation sites is 2. The van der Waals surface area contributed by atoms with Gasteiger partial charge in [0, 0.05) is 14.1 Å². The molecule has 0 spiro atoms. The highest BCUT2D eigenvalue weighted by Gasteiger charge is 2.18. The minimum atomic E-state index is -0.163. The fourth-order valence-electron chi connectivity index (χ4n) is 1.77. The average Bonchev–Trinajstić information content (AvgIpc) is 2.38. The maximum atomic E-state index is 11.9. The molecular formula is C14H17N3OS. The molecule has 0 aliphatic rings. The van der Waals surface area contributed by atoms with Crippen LogP contribution in [-0.2, 0) is 4.79 Å². The van der Waals surface area contributed by atoms with Crippen molar-refractivity contribution >= 4 is 28.7 Å². The van der Waals surface area contributed by atoms with E-state index in [1.807, 2.05) is 38.1 Å². The molecule has 0 saturated carbocycles. The number of benzene rings is 1. The molecule has 0 saturated heterocycles. The highest BCUT2D eigenvalue weighted by Crippen LogP contribution is 2.26. The molecule has 1 heterocycles. The van der Waals surface area contributed by atoms with Crippen LogP contribution in [0.4, 0.5) is 0 Å². The Morgan fingerprint density at radius 2 is 1.79 bits per heavy atom. The van der Waals surface area contributed by atoms with Crippen molar-refractivity contribution in [3.63, 3.8) is 0 Å². The Hall–Kier alpha value is -1.62. The van der Waals surface area contributed by atoms with Crippen molar-refractivity contribution in [1.82, 2.24) is 14.9 Å². The first-order valence-electron chi connectivity index (χ1n) is 6.10. The minimum Gasteiger partial charge on any atom is -0.348 e. The number of aromatic nitrogens is 2. The van der Waals surface area contributed by atoms with Gasteiger partial charge in [-0.1, -0.05) is 23.9 Å². The zero-order valence-electron chi connectivity index (χ0n) is 11.5. The van der Waals surface area contributed by atoms with Crippen LogP contribution in [0.5, 0.6) is 0 Å². The molecule has 1 atom stereocenters. The highest BCUT2D eigenvalue weighted by molar-refractivity contribution is 8.00. The lowest BCUT2D eigenvalue weighted by molar-refractivity contribution is -0.127. The number of thioether (sulfide) groups is 1. The Kier molecular flexibility index (Phi) is 4.04. The number of hydrogen-bond donors (Lipinski definition) is 0. The van der Waals surface area contributed by atoms with Crippen LogP contribution >= 0.6 is 11.8 Å². The van der Waals surface area contributed by atoms with Gasteiger partial charge in [-0.15, -0.1) is 0 Å². The average molecular weight is 275 g/mol. The van der Waals surface area contributed by atoms with Gasteiger partial charge in [-0.05, 0) is 26.0 Å². The predicted molar refractivity (Wildman–Crippen MR) is 78.3 cm³/mol. The summed E-state index contributed by atoms with van der Waals surface area (Å²) in [5.74, 6) is 0.0827. The second kappa shape index (κ2) is 5.57. The van der Waals surface area contributed by atoms with Crippen LogP contribution in [-0.4, -0.2) is 40.1 Å². The van der Waals surface area contributed by atoms with Crippen LogP contribution in [0.15, 0.2) is 29.3 Å². The molecule has 0 bridgehead atoms. The van der Waals surface area contributed by atoms with E-state index in [1.165, 1.54) is 11.8 Å². The van der Waals surface area contributed by atoms with Crippen molar-refractivity contribution in [1.29, 1.82) is 0 Å². The molecule has 19 heavy (non-hydrogen) atoms. The fraction of sp³-hybridized carbons (Fsp3) is 0.357. The smallest absolute Gasteiger partial charge is 0.235 e. The summed E-state index contributed by atoms with van der Waals surface area (Å²) in [7, 11) is 3.52. The summed E-state index contributed by atoms with van der Waals surface area (Å²) < 4.78 is 0. The van der Waals surface area contributed by atoms with E-state index < -0.39 is 0 Å². The first-order valence-corrected chi connectivity index (χ1v) is 6.98. The molecule has 0 aliphatic heterocycles. The number of carbonyl (C=O) groups is 1. The second-order valence-corrected chi connectivity index (χ2v) is 5.93. The number of rotatable bonds is 3. The van der Waals surface area contributed by atoms with Gasteiger partial charge in [0.1, 0.15) is 5.03 Å². The standard InChI is InChI=1S/C14H17N3OS/c1-9-13(19-10(2)14(18)17(3)4)16-12-8-6-5-7-11(12)15-9/h5-8,10H,1-4H3/t10-/m1/s1. The zero-order valence-corrected chi connectivity index (χ0v) is 12.4. The molecular weight excluding hydrogens is 258 g/mol. The van der Waals surface area contributed by atoms with E-state index >= 15 is 0 Å². The third-order valence-corrected chi connectivity index (χ3v) is 3.94. The first kappa shape index (κ1) is 13.8. The summed E-state index contributed by atoms with van der Waals surface area (Å²) in [6, 6.07) is 7.76. The summed E-state index contributed by atoms with van der Waals surface area (Å²) in [6.07, 6.45) is 0. The maximum Gasteiger partial charge on any atom is 0.235 e. The number of hydrogen-bond acceptors (Lipinski definition) is 4. The van der Waals surface area contributed by atoms with E-state index in [1.54, 1.807) is 19.0 Å². The molecule has 2 aromatic rings. The summed E-state index contributed by atoms with van der Waals surface area (Å²) >= 11 is 1.46. The molecule has 100 valence electrons. The number of fused-ring (bicyclic) bond motifs is 1. The third-order valence-electron chi connectivity index (χ3n) is 2.78. The predicted octanol–water partition coefficient (Wildman–Crippen LogP) is 2.51. The van der Waals surface area contributed by atoms with Gasteiger partial charge in [0.15, 0.2) is 0 Å². The van der Waals surface area contributed by atoms with Gasteiger partial charge in [-0.2, -0.15) is 0 Å². The van der Waals surface area contributed by atoms with Crippen LogP contribution in [0, 0.1) is 6.92 Å². The van der Waals surface area contributed by atoms with E-state index in [2.05, 4.69) is 9.97 Å². The minimum absolute atomic E-state index is 0.0827. The van der Waals surface area contributed by atoms with E-state index in [4.69, 9.17) is 0 Å². The second-order valence-electron chi connectivity index (χ2n) is 4.60. The number of aryl methyl sites for hydroxylation is 1. The van der Waals surface area contributed by atoms with Crippen LogP contribution in [0.3, 0.4) is 0 Å². The lowest BCUT2D eigenvalue weighted by Crippen LogP contribution is -2.29. The van der Waals surface area contributed by atoms with Crippen LogP contribution in [0.1, 0.15) is 12.6 Å². The van der Waals surface area contributed by atoms with Crippen LogP contribution in [0.25, 0.3) is 11.0 Å². The van der Waals surface area contributed by atoms with Crippen molar-refractivity contribution in [3.05, 3.63) is 30.0 Å². The molecule has 4 nitrogen and oxygen atoms in total. The van der Waals surface area contributed by atoms with Crippen LogP contribution in [0.2, 0.25) is 0 Å². The summed E-state index contributed by atoms with van der Waals surface area (Å²) in [5.41, 5.74) is 2.61. The van der Waals surface area contributed by atoms with E-state index in [9.17, 15) is 4.79 Å². The third kappa shape index (κ3) is 3.04. The summed E-state index contributed by atoms with van der Waals surface area (Å²) in [6.45, 7) is 3.82. The van der Waals surface area contributed by atoms with E-state index in [0.717, 1.165) is 21.8 Å². The van der Waals surface area contributed by atoms with Gasteiger partial charge < -0.3 is 4.90 Å². The van der Waals surface area contributed by atoms with Gasteiger partial charge >= 0.3 is 0 Å². The molecule has 2 rings (SSSR count). The van der Waals surface area contributed by atoms with Crippen molar-refractivity contribution in [2.24, 2.45) is 0 Å².